The van der Waals surface area contributed by atoms with Gasteiger partial charge in [0.2, 0.25) is 0 Å². The zero-order valence-electron chi connectivity index (χ0n) is 10.4. The maximum absolute atomic E-state index is 7.47. The Morgan fingerprint density at radius 3 is 2.88 bits per heavy atom. The van der Waals surface area contributed by atoms with E-state index in [2.05, 4.69) is 17.9 Å². The number of anilines is 1. The highest BCUT2D eigenvalue weighted by molar-refractivity contribution is 5.96. The number of nitrogen functional groups attached to an aromatic ring is 1. The lowest BCUT2D eigenvalue weighted by Gasteiger charge is -2.33. The van der Waals surface area contributed by atoms with Crippen molar-refractivity contribution in [1.82, 2.24) is 0 Å². The van der Waals surface area contributed by atoms with E-state index in [9.17, 15) is 0 Å². The van der Waals surface area contributed by atoms with Crippen LogP contribution in [0.2, 0.25) is 0 Å². The number of hydrogen-bond acceptors (Lipinski definition) is 3. The first kappa shape index (κ1) is 11.9. The topological polar surface area (TPSA) is 62.3 Å². The third-order valence-electron chi connectivity index (χ3n) is 3.11. The Kier molecular flexibility index (Phi) is 3.33. The number of ether oxygens (including phenoxy) is 1. The predicted molar refractivity (Wildman–Crippen MR) is 69.8 cm³/mol. The molecule has 1 aromatic carbocycles. The minimum atomic E-state index is 0.129. The first-order chi connectivity index (χ1) is 8.08. The SMILES string of the molecule is Cc1cc(N2CCOC(C)C2)ccc1C(=N)N. The van der Waals surface area contributed by atoms with Crippen LogP contribution in [0.3, 0.4) is 0 Å². The lowest BCUT2D eigenvalue weighted by Crippen LogP contribution is -2.41. The summed E-state index contributed by atoms with van der Waals surface area (Å²) in [6.07, 6.45) is 0.275. The summed E-state index contributed by atoms with van der Waals surface area (Å²) in [6, 6.07) is 6.05. The van der Waals surface area contributed by atoms with Gasteiger partial charge in [-0.2, -0.15) is 0 Å². The van der Waals surface area contributed by atoms with Crippen molar-refractivity contribution in [2.45, 2.75) is 20.0 Å². The molecule has 4 heteroatoms. The molecule has 4 nitrogen and oxygen atoms in total. The van der Waals surface area contributed by atoms with Crippen molar-refractivity contribution in [2.75, 3.05) is 24.6 Å². The predicted octanol–water partition coefficient (Wildman–Crippen LogP) is 1.50. The third kappa shape index (κ3) is 2.58. The normalized spacial score (nSPS) is 20.4. The molecule has 1 fully saturated rings. The first-order valence-corrected chi connectivity index (χ1v) is 5.89. The molecule has 0 saturated carbocycles. The summed E-state index contributed by atoms with van der Waals surface area (Å²) >= 11 is 0. The van der Waals surface area contributed by atoms with Gasteiger partial charge in [0, 0.05) is 24.3 Å². The van der Waals surface area contributed by atoms with Crippen LogP contribution in [-0.2, 0) is 4.74 Å². The van der Waals surface area contributed by atoms with Gasteiger partial charge >= 0.3 is 0 Å². The summed E-state index contributed by atoms with van der Waals surface area (Å²) in [4.78, 5) is 2.31. The fourth-order valence-corrected chi connectivity index (χ4v) is 2.20. The summed E-state index contributed by atoms with van der Waals surface area (Å²) in [5.74, 6) is 0.129. The highest BCUT2D eigenvalue weighted by Crippen LogP contribution is 2.21. The lowest BCUT2D eigenvalue weighted by molar-refractivity contribution is 0.0532. The van der Waals surface area contributed by atoms with E-state index in [1.807, 2.05) is 19.1 Å². The molecular formula is C13H19N3O. The van der Waals surface area contributed by atoms with Crippen molar-refractivity contribution < 1.29 is 4.74 Å². The summed E-state index contributed by atoms with van der Waals surface area (Å²) in [5, 5.41) is 7.47. The summed E-state index contributed by atoms with van der Waals surface area (Å²) in [6.45, 7) is 6.68. The molecule has 0 radical (unpaired) electrons. The first-order valence-electron chi connectivity index (χ1n) is 5.89. The third-order valence-corrected chi connectivity index (χ3v) is 3.11. The van der Waals surface area contributed by atoms with Crippen LogP contribution in [0.1, 0.15) is 18.1 Å². The molecule has 0 aromatic heterocycles. The van der Waals surface area contributed by atoms with E-state index < -0.39 is 0 Å². The van der Waals surface area contributed by atoms with Gasteiger partial charge in [0.15, 0.2) is 0 Å². The summed E-state index contributed by atoms with van der Waals surface area (Å²) < 4.78 is 5.53. The Balaban J connectivity index is 2.22. The molecule has 1 aliphatic heterocycles. The fourth-order valence-electron chi connectivity index (χ4n) is 2.20. The molecule has 1 atom stereocenters. The van der Waals surface area contributed by atoms with Gasteiger partial charge in [0.1, 0.15) is 5.84 Å². The maximum atomic E-state index is 7.47. The second kappa shape index (κ2) is 4.75. The van der Waals surface area contributed by atoms with Crippen LogP contribution < -0.4 is 10.6 Å². The molecule has 1 saturated heterocycles. The number of benzene rings is 1. The van der Waals surface area contributed by atoms with Crippen LogP contribution in [0.5, 0.6) is 0 Å². The number of aryl methyl sites for hydroxylation is 1. The number of morpholine rings is 1. The van der Waals surface area contributed by atoms with Gasteiger partial charge in [-0.15, -0.1) is 0 Å². The quantitative estimate of drug-likeness (QED) is 0.601. The number of amidine groups is 1. The molecule has 0 aliphatic carbocycles. The zero-order valence-corrected chi connectivity index (χ0v) is 10.4. The maximum Gasteiger partial charge on any atom is 0.123 e. The fraction of sp³-hybridized carbons (Fsp3) is 0.462. The molecule has 1 aromatic rings. The minimum Gasteiger partial charge on any atom is -0.384 e. The van der Waals surface area contributed by atoms with Crippen molar-refractivity contribution in [1.29, 1.82) is 5.41 Å². The van der Waals surface area contributed by atoms with Gasteiger partial charge in [-0.1, -0.05) is 0 Å². The van der Waals surface area contributed by atoms with Crippen LogP contribution in [0.15, 0.2) is 18.2 Å². The largest absolute Gasteiger partial charge is 0.384 e. The summed E-state index contributed by atoms with van der Waals surface area (Å²) in [7, 11) is 0. The standard InChI is InChI=1S/C13H19N3O/c1-9-7-11(3-4-12(9)13(14)15)16-5-6-17-10(2)8-16/h3-4,7,10H,5-6,8H2,1-2H3,(H3,14,15). The Hall–Kier alpha value is -1.55. The van der Waals surface area contributed by atoms with Gasteiger partial charge in [-0.3, -0.25) is 5.41 Å². The Bertz CT molecular complexity index is 431. The number of nitrogens with zero attached hydrogens (tertiary/aromatic N) is 1. The van der Waals surface area contributed by atoms with Crippen molar-refractivity contribution in [3.05, 3.63) is 29.3 Å². The van der Waals surface area contributed by atoms with Crippen LogP contribution >= 0.6 is 0 Å². The monoisotopic (exact) mass is 233 g/mol. The Labute approximate surface area is 102 Å². The van der Waals surface area contributed by atoms with E-state index in [1.54, 1.807) is 0 Å². The highest BCUT2D eigenvalue weighted by Gasteiger charge is 2.17. The average Bonchev–Trinajstić information content (AvgIpc) is 2.28. The molecule has 1 aliphatic rings. The molecule has 2 rings (SSSR count). The van der Waals surface area contributed by atoms with E-state index in [4.69, 9.17) is 15.9 Å². The molecule has 3 N–H and O–H groups in total. The number of rotatable bonds is 2. The van der Waals surface area contributed by atoms with Crippen LogP contribution in [0.25, 0.3) is 0 Å². The molecule has 17 heavy (non-hydrogen) atoms. The molecule has 0 bridgehead atoms. The van der Waals surface area contributed by atoms with Crippen LogP contribution in [0.4, 0.5) is 5.69 Å². The number of hydrogen-bond donors (Lipinski definition) is 2. The molecule has 0 amide bonds. The second-order valence-electron chi connectivity index (χ2n) is 4.54. The molecule has 1 heterocycles. The molecule has 1 unspecified atom stereocenters. The van der Waals surface area contributed by atoms with E-state index >= 15 is 0 Å². The van der Waals surface area contributed by atoms with Gasteiger partial charge in [-0.05, 0) is 37.6 Å². The van der Waals surface area contributed by atoms with E-state index in [-0.39, 0.29) is 11.9 Å². The zero-order chi connectivity index (χ0) is 12.4. The van der Waals surface area contributed by atoms with E-state index in [0.717, 1.165) is 30.8 Å². The molecule has 0 spiro atoms. The van der Waals surface area contributed by atoms with Crippen LogP contribution in [-0.4, -0.2) is 31.6 Å². The van der Waals surface area contributed by atoms with Crippen molar-refractivity contribution in [2.24, 2.45) is 5.73 Å². The Morgan fingerprint density at radius 2 is 2.29 bits per heavy atom. The second-order valence-corrected chi connectivity index (χ2v) is 4.54. The van der Waals surface area contributed by atoms with E-state index in [1.165, 1.54) is 5.69 Å². The Morgan fingerprint density at radius 1 is 1.53 bits per heavy atom. The van der Waals surface area contributed by atoms with E-state index in [0.29, 0.717) is 0 Å². The lowest BCUT2D eigenvalue weighted by atomic mass is 10.1. The molecule has 92 valence electrons. The van der Waals surface area contributed by atoms with Crippen molar-refractivity contribution >= 4 is 11.5 Å². The van der Waals surface area contributed by atoms with Gasteiger partial charge in [0.25, 0.3) is 0 Å². The highest BCUT2D eigenvalue weighted by atomic mass is 16.5. The van der Waals surface area contributed by atoms with Gasteiger partial charge < -0.3 is 15.4 Å². The van der Waals surface area contributed by atoms with Crippen LogP contribution in [0, 0.1) is 12.3 Å². The van der Waals surface area contributed by atoms with Gasteiger partial charge in [0.05, 0.1) is 12.7 Å². The average molecular weight is 233 g/mol. The minimum absolute atomic E-state index is 0.129. The van der Waals surface area contributed by atoms with Crippen molar-refractivity contribution in [3.63, 3.8) is 0 Å². The van der Waals surface area contributed by atoms with Crippen molar-refractivity contribution in [3.8, 4) is 0 Å². The number of nitrogens with two attached hydrogens (primary N) is 1. The van der Waals surface area contributed by atoms with Gasteiger partial charge in [-0.25, -0.2) is 0 Å². The number of nitrogens with one attached hydrogen (secondary N) is 1. The smallest absolute Gasteiger partial charge is 0.123 e. The summed E-state index contributed by atoms with van der Waals surface area (Å²) in [5.41, 5.74) is 8.56. The molecular weight excluding hydrogens is 214 g/mol.